The Morgan fingerprint density at radius 1 is 1.25 bits per heavy atom. The van der Waals surface area contributed by atoms with E-state index >= 15 is 0 Å². The van der Waals surface area contributed by atoms with Crippen LogP contribution in [0.5, 0.6) is 0 Å². The van der Waals surface area contributed by atoms with Crippen LogP contribution in [0.3, 0.4) is 0 Å². The molecule has 0 aliphatic rings. The number of hydrogen-bond acceptors (Lipinski definition) is 3. The summed E-state index contributed by atoms with van der Waals surface area (Å²) in [6, 6.07) is 7.56. The van der Waals surface area contributed by atoms with E-state index in [4.69, 9.17) is 27.6 Å². The molecule has 0 fully saturated rings. The van der Waals surface area contributed by atoms with Gasteiger partial charge in [0.05, 0.1) is 15.7 Å². The van der Waals surface area contributed by atoms with Gasteiger partial charge in [0.2, 0.25) is 0 Å². The van der Waals surface area contributed by atoms with Crippen LogP contribution in [0.25, 0.3) is 11.0 Å². The van der Waals surface area contributed by atoms with E-state index in [9.17, 15) is 9.50 Å². The molecule has 1 unspecified atom stereocenters. The molecule has 1 aromatic carbocycles. The molecule has 2 heterocycles. The Hall–Kier alpha value is -1.62. The zero-order valence-electron chi connectivity index (χ0n) is 9.98. The Morgan fingerprint density at radius 3 is 2.75 bits per heavy atom. The summed E-state index contributed by atoms with van der Waals surface area (Å²) in [7, 11) is 0. The molecule has 3 rings (SSSR count). The van der Waals surface area contributed by atoms with E-state index in [2.05, 4.69) is 4.98 Å². The number of fused-ring (bicyclic) bond motifs is 1. The fourth-order valence-corrected chi connectivity index (χ4v) is 2.43. The molecule has 6 heteroatoms. The van der Waals surface area contributed by atoms with E-state index < -0.39 is 11.9 Å². The third-order valence-corrected chi connectivity index (χ3v) is 3.39. The molecule has 3 nitrogen and oxygen atoms in total. The smallest absolute Gasteiger partial charge is 0.170 e. The van der Waals surface area contributed by atoms with Gasteiger partial charge in [-0.05, 0) is 18.2 Å². The largest absolute Gasteiger partial charge is 0.455 e. The van der Waals surface area contributed by atoms with Crippen molar-refractivity contribution in [2.75, 3.05) is 0 Å². The summed E-state index contributed by atoms with van der Waals surface area (Å²) in [6.07, 6.45) is 0.182. The quantitative estimate of drug-likeness (QED) is 0.765. The van der Waals surface area contributed by atoms with Crippen molar-refractivity contribution in [3.05, 3.63) is 63.8 Å². The van der Waals surface area contributed by atoms with Crippen molar-refractivity contribution < 1.29 is 13.9 Å². The first-order valence-electron chi connectivity index (χ1n) is 5.73. The predicted octanol–water partition coefficient (Wildman–Crippen LogP) is 4.36. The second-order valence-electron chi connectivity index (χ2n) is 4.23. The Kier molecular flexibility index (Phi) is 3.38. The normalized spacial score (nSPS) is 12.8. The number of aliphatic hydroxyl groups excluding tert-OH is 1. The predicted molar refractivity (Wildman–Crippen MR) is 74.5 cm³/mol. The molecule has 0 saturated carbocycles. The van der Waals surface area contributed by atoms with Crippen LogP contribution in [0.15, 0.2) is 40.9 Å². The first-order valence-corrected chi connectivity index (χ1v) is 6.49. The summed E-state index contributed by atoms with van der Waals surface area (Å²) in [6.45, 7) is 0. The lowest BCUT2D eigenvalue weighted by Crippen LogP contribution is -2.01. The Balaban J connectivity index is 2.08. The van der Waals surface area contributed by atoms with Gasteiger partial charge < -0.3 is 9.52 Å². The number of hydrogen-bond donors (Lipinski definition) is 1. The molecule has 0 bridgehead atoms. The maximum absolute atomic E-state index is 13.6. The van der Waals surface area contributed by atoms with Crippen LogP contribution in [0.1, 0.15) is 17.6 Å². The van der Waals surface area contributed by atoms with E-state index in [1.165, 1.54) is 18.3 Å². The molecule has 102 valence electrons. The zero-order valence-corrected chi connectivity index (χ0v) is 11.5. The number of para-hydroxylation sites is 1. The molecule has 20 heavy (non-hydrogen) atoms. The summed E-state index contributed by atoms with van der Waals surface area (Å²) in [5.74, 6) is -0.321. The summed E-state index contributed by atoms with van der Waals surface area (Å²) < 4.78 is 18.9. The van der Waals surface area contributed by atoms with Crippen molar-refractivity contribution in [3.8, 4) is 0 Å². The van der Waals surface area contributed by atoms with E-state index in [1.54, 1.807) is 18.2 Å². The number of aliphatic hydroxyl groups is 1. The fraction of sp³-hybridized carbons (Fsp3) is 0.0714. The number of halogens is 3. The van der Waals surface area contributed by atoms with Gasteiger partial charge in [0, 0.05) is 11.6 Å². The zero-order chi connectivity index (χ0) is 14.3. The van der Waals surface area contributed by atoms with Crippen molar-refractivity contribution >= 4 is 34.2 Å². The van der Waals surface area contributed by atoms with Crippen LogP contribution in [0.2, 0.25) is 10.0 Å². The lowest BCUT2D eigenvalue weighted by molar-refractivity contribution is 0.187. The Bertz CT molecular complexity index is 788. The number of nitrogens with zero attached hydrogens (tertiary/aromatic N) is 1. The Morgan fingerprint density at radius 2 is 2.05 bits per heavy atom. The molecule has 0 radical (unpaired) electrons. The van der Waals surface area contributed by atoms with E-state index in [0.29, 0.717) is 10.4 Å². The second-order valence-corrected chi connectivity index (χ2v) is 5.07. The van der Waals surface area contributed by atoms with E-state index in [-0.39, 0.29) is 22.1 Å². The van der Waals surface area contributed by atoms with Gasteiger partial charge >= 0.3 is 0 Å². The molecule has 1 N–H and O–H groups in total. The maximum Gasteiger partial charge on any atom is 0.170 e. The van der Waals surface area contributed by atoms with Crippen molar-refractivity contribution in [3.63, 3.8) is 0 Å². The third-order valence-electron chi connectivity index (χ3n) is 2.88. The minimum atomic E-state index is -1.19. The van der Waals surface area contributed by atoms with E-state index in [0.717, 1.165) is 0 Å². The SMILES string of the molecule is OC(c1cc2cccc(F)c2o1)c1ncc(Cl)cc1Cl. The number of aromatic nitrogens is 1. The second kappa shape index (κ2) is 5.05. The van der Waals surface area contributed by atoms with Crippen LogP contribution in [-0.2, 0) is 0 Å². The average molecular weight is 312 g/mol. The van der Waals surface area contributed by atoms with Gasteiger partial charge in [-0.25, -0.2) is 4.39 Å². The summed E-state index contributed by atoms with van der Waals surface area (Å²) in [5.41, 5.74) is 0.294. The molecule has 0 saturated heterocycles. The van der Waals surface area contributed by atoms with Crippen LogP contribution in [0, 0.1) is 5.82 Å². The van der Waals surface area contributed by atoms with Gasteiger partial charge in [-0.15, -0.1) is 0 Å². The molecular weight excluding hydrogens is 304 g/mol. The first kappa shape index (κ1) is 13.4. The van der Waals surface area contributed by atoms with Gasteiger partial charge in [-0.3, -0.25) is 4.98 Å². The van der Waals surface area contributed by atoms with Crippen LogP contribution < -0.4 is 0 Å². The van der Waals surface area contributed by atoms with Crippen molar-refractivity contribution in [1.29, 1.82) is 0 Å². The van der Waals surface area contributed by atoms with Crippen LogP contribution in [0.4, 0.5) is 4.39 Å². The van der Waals surface area contributed by atoms with Crippen molar-refractivity contribution in [2.24, 2.45) is 0 Å². The molecule has 0 aliphatic heterocycles. The molecule has 3 aromatic rings. The third kappa shape index (κ3) is 2.26. The van der Waals surface area contributed by atoms with E-state index in [1.807, 2.05) is 0 Å². The first-order chi connectivity index (χ1) is 9.56. The molecule has 0 aliphatic carbocycles. The summed E-state index contributed by atoms with van der Waals surface area (Å²) in [5, 5.41) is 11.4. The van der Waals surface area contributed by atoms with Gasteiger partial charge in [0.1, 0.15) is 5.76 Å². The highest BCUT2D eigenvalue weighted by Crippen LogP contribution is 2.32. The molecule has 0 amide bonds. The molecule has 2 aromatic heterocycles. The fourth-order valence-electron chi connectivity index (χ4n) is 1.94. The topological polar surface area (TPSA) is 46.3 Å². The lowest BCUT2D eigenvalue weighted by atomic mass is 10.1. The number of benzene rings is 1. The Labute approximate surface area is 123 Å². The number of pyridine rings is 1. The number of rotatable bonds is 2. The van der Waals surface area contributed by atoms with Gasteiger partial charge in [0.15, 0.2) is 17.5 Å². The molecule has 0 spiro atoms. The van der Waals surface area contributed by atoms with Crippen LogP contribution in [-0.4, -0.2) is 10.1 Å². The summed E-state index contributed by atoms with van der Waals surface area (Å²) in [4.78, 5) is 3.98. The van der Waals surface area contributed by atoms with Gasteiger partial charge in [-0.2, -0.15) is 0 Å². The highest BCUT2D eigenvalue weighted by molar-refractivity contribution is 6.34. The maximum atomic E-state index is 13.6. The van der Waals surface area contributed by atoms with Crippen LogP contribution >= 0.6 is 23.2 Å². The van der Waals surface area contributed by atoms with Crippen molar-refractivity contribution in [1.82, 2.24) is 4.98 Å². The highest BCUT2D eigenvalue weighted by atomic mass is 35.5. The highest BCUT2D eigenvalue weighted by Gasteiger charge is 2.21. The van der Waals surface area contributed by atoms with Crippen molar-refractivity contribution in [2.45, 2.75) is 6.10 Å². The standard InChI is InChI=1S/C14H8Cl2FNO2/c15-8-5-9(16)12(18-6-8)13(19)11-4-7-2-1-3-10(17)14(7)20-11/h1-6,13,19H. The lowest BCUT2D eigenvalue weighted by Gasteiger charge is -2.08. The minimum absolute atomic E-state index is 0.0895. The number of furan rings is 1. The van der Waals surface area contributed by atoms with Gasteiger partial charge in [0.25, 0.3) is 0 Å². The average Bonchev–Trinajstić information content (AvgIpc) is 2.83. The monoisotopic (exact) mass is 311 g/mol. The summed E-state index contributed by atoms with van der Waals surface area (Å²) >= 11 is 11.7. The molecular formula is C14H8Cl2FNO2. The molecule has 1 atom stereocenters. The van der Waals surface area contributed by atoms with Gasteiger partial charge in [-0.1, -0.05) is 35.3 Å². The minimum Gasteiger partial charge on any atom is -0.455 e.